The third-order valence-electron chi connectivity index (χ3n) is 19.2. The maximum atomic E-state index is 7.49. The molecule has 0 atom stereocenters. The van der Waals surface area contributed by atoms with Crippen LogP contribution >= 0.6 is 22.7 Å². The van der Waals surface area contributed by atoms with Crippen LogP contribution in [-0.2, 0) is 21.7 Å². The Hall–Kier alpha value is -8.16. The molecule has 84 heavy (non-hydrogen) atoms. The van der Waals surface area contributed by atoms with Gasteiger partial charge >= 0.3 is 6.85 Å². The SMILES string of the molecule is CC(C)(C)c1ccc(N2B3c4cc5sc(-c6ccccc6)c(-c6ccccc6)c5cc4N(c4ccc(C(C)(C)C)cc4-c4ccccc4)c4c3c(cc3c4oc4ccccc43)-c3cc4c(cc32)sc2cc3c(cc24)C(C)(C)CCC3(C)C)cc1. The normalized spacial score (nSPS) is 15.3. The number of benzene rings is 10. The van der Waals surface area contributed by atoms with Crippen molar-refractivity contribution in [3.05, 3.63) is 222 Å². The highest BCUT2D eigenvalue weighted by molar-refractivity contribution is 7.26. The van der Waals surface area contributed by atoms with E-state index in [0.29, 0.717) is 0 Å². The minimum absolute atomic E-state index is 0.0226. The summed E-state index contributed by atoms with van der Waals surface area (Å²) >= 11 is 3.88. The van der Waals surface area contributed by atoms with E-state index >= 15 is 0 Å². The van der Waals surface area contributed by atoms with Crippen molar-refractivity contribution in [2.24, 2.45) is 0 Å². The van der Waals surface area contributed by atoms with Crippen molar-refractivity contribution in [3.8, 4) is 43.8 Å². The average molecular weight is 1120 g/mol. The highest BCUT2D eigenvalue weighted by Crippen LogP contribution is 2.57. The summed E-state index contributed by atoms with van der Waals surface area (Å²) in [6.07, 6.45) is 2.36. The second kappa shape index (κ2) is 18.2. The monoisotopic (exact) mass is 1120 g/mol. The number of anilines is 5. The standard InChI is InChI=1S/C78H67BN2OS2/c1-75(2,3)49-30-33-51(34-31-49)81-64-45-69-55(56-41-60-61(43-67(56)83-69)78(9,10)37-36-77(60,7)8)39-54(64)57-40-58-52-28-20-21-29-66(52)82-73(58)72-71(57)79(81)62-44-68-59(70(47-24-16-12-17-25-47)74(84-68)48-26-18-13-19-27-48)42-65(62)80(72)63-35-32-50(76(4,5)6)38-53(63)46-22-14-11-15-23-46/h11-35,38-45H,36-37H2,1-10H3. The number of para-hydroxylation sites is 1. The van der Waals surface area contributed by atoms with Gasteiger partial charge < -0.3 is 14.1 Å². The summed E-state index contributed by atoms with van der Waals surface area (Å²) in [6, 6.07) is 76.7. The highest BCUT2D eigenvalue weighted by atomic mass is 32.1. The largest absolute Gasteiger partial charge is 0.454 e. The zero-order chi connectivity index (χ0) is 57.3. The molecule has 0 radical (unpaired) electrons. The van der Waals surface area contributed by atoms with Gasteiger partial charge in [-0.15, -0.1) is 22.7 Å². The van der Waals surface area contributed by atoms with E-state index in [1.54, 1.807) is 0 Å². The lowest BCUT2D eigenvalue weighted by Gasteiger charge is -2.46. The van der Waals surface area contributed by atoms with E-state index < -0.39 is 0 Å². The molecule has 2 aliphatic heterocycles. The van der Waals surface area contributed by atoms with E-state index in [2.05, 4.69) is 279 Å². The van der Waals surface area contributed by atoms with Crippen LogP contribution in [0, 0.1) is 0 Å². The first-order valence-electron chi connectivity index (χ1n) is 30.0. The maximum absolute atomic E-state index is 7.49. The molecule has 0 unspecified atom stereocenters. The van der Waals surface area contributed by atoms with Gasteiger partial charge in [-0.05, 0) is 163 Å². The van der Waals surface area contributed by atoms with Gasteiger partial charge in [-0.3, -0.25) is 0 Å². The summed E-state index contributed by atoms with van der Waals surface area (Å²) in [6.45, 7) is 23.5. The Kier molecular flexibility index (Phi) is 11.1. The summed E-state index contributed by atoms with van der Waals surface area (Å²) < 4.78 is 11.4. The van der Waals surface area contributed by atoms with E-state index in [0.717, 1.165) is 44.7 Å². The summed E-state index contributed by atoms with van der Waals surface area (Å²) in [7, 11) is 0. The average Bonchev–Trinajstić information content (AvgIpc) is 1.23. The second-order valence-electron chi connectivity index (χ2n) is 27.5. The molecule has 0 saturated heterocycles. The summed E-state index contributed by atoms with van der Waals surface area (Å²) in [5, 5.41) is 6.15. The minimum Gasteiger partial charge on any atom is -0.454 e. The predicted octanol–water partition coefficient (Wildman–Crippen LogP) is 21.8. The quantitative estimate of drug-likeness (QED) is 0.160. The molecular formula is C78H67BN2OS2. The van der Waals surface area contributed by atoms with Crippen LogP contribution in [0.4, 0.5) is 28.4 Å². The lowest BCUT2D eigenvalue weighted by Crippen LogP contribution is -2.61. The minimum atomic E-state index is -0.256. The van der Waals surface area contributed by atoms with Crippen LogP contribution in [-0.4, -0.2) is 6.85 Å². The molecule has 13 aromatic rings. The van der Waals surface area contributed by atoms with Crippen LogP contribution in [0.1, 0.15) is 104 Å². The predicted molar refractivity (Wildman–Crippen MR) is 365 cm³/mol. The third-order valence-corrected chi connectivity index (χ3v) is 21.5. The molecule has 0 spiro atoms. The van der Waals surface area contributed by atoms with Crippen molar-refractivity contribution >= 4 is 121 Å². The fourth-order valence-corrected chi connectivity index (χ4v) is 16.9. The van der Waals surface area contributed by atoms with Gasteiger partial charge in [0.15, 0.2) is 5.58 Å². The summed E-state index contributed by atoms with van der Waals surface area (Å²) in [4.78, 5) is 6.63. The first-order chi connectivity index (χ1) is 40.4. The Bertz CT molecular complexity index is 4860. The molecule has 0 N–H and O–H groups in total. The lowest BCUT2D eigenvalue weighted by atomic mass is 9.43. The van der Waals surface area contributed by atoms with Crippen molar-refractivity contribution < 1.29 is 4.42 Å². The van der Waals surface area contributed by atoms with Gasteiger partial charge in [0, 0.05) is 79.7 Å². The van der Waals surface area contributed by atoms with Gasteiger partial charge in [-0.2, -0.15) is 0 Å². The van der Waals surface area contributed by atoms with Crippen LogP contribution < -0.4 is 20.6 Å². The Morgan fingerprint density at radius 2 is 1.04 bits per heavy atom. The van der Waals surface area contributed by atoms with E-state index in [4.69, 9.17) is 4.42 Å². The first kappa shape index (κ1) is 51.5. The molecule has 1 aliphatic carbocycles. The van der Waals surface area contributed by atoms with Crippen molar-refractivity contribution in [1.29, 1.82) is 0 Å². The molecule has 410 valence electrons. The van der Waals surface area contributed by atoms with Gasteiger partial charge in [0.05, 0.1) is 11.4 Å². The molecule has 0 saturated carbocycles. The molecule has 0 amide bonds. The van der Waals surface area contributed by atoms with Crippen LogP contribution in [0.5, 0.6) is 0 Å². The molecule has 5 heterocycles. The number of nitrogens with zero attached hydrogens (tertiary/aromatic N) is 2. The summed E-state index contributed by atoms with van der Waals surface area (Å²) in [5.74, 6) is 0. The Labute approximate surface area is 502 Å². The van der Waals surface area contributed by atoms with Gasteiger partial charge in [0.2, 0.25) is 0 Å². The Morgan fingerprint density at radius 3 is 1.73 bits per heavy atom. The Balaban J connectivity index is 1.09. The number of hydrogen-bond acceptors (Lipinski definition) is 5. The second-order valence-corrected chi connectivity index (χ2v) is 29.6. The van der Waals surface area contributed by atoms with Crippen LogP contribution in [0.25, 0.3) is 96.0 Å². The fraction of sp³-hybridized carbons (Fsp3) is 0.205. The van der Waals surface area contributed by atoms with Gasteiger partial charge in [-0.1, -0.05) is 197 Å². The van der Waals surface area contributed by atoms with Crippen molar-refractivity contribution in [2.45, 2.75) is 104 Å². The van der Waals surface area contributed by atoms with Gasteiger partial charge in [0.1, 0.15) is 5.58 Å². The molecular weight excluding hydrogens is 1060 g/mol. The number of hydrogen-bond donors (Lipinski definition) is 0. The molecule has 0 bridgehead atoms. The summed E-state index contributed by atoms with van der Waals surface area (Å²) in [5.41, 5.74) is 24.2. The van der Waals surface area contributed by atoms with E-state index in [1.807, 2.05) is 22.7 Å². The van der Waals surface area contributed by atoms with E-state index in [9.17, 15) is 0 Å². The van der Waals surface area contributed by atoms with Crippen molar-refractivity contribution in [1.82, 2.24) is 0 Å². The first-order valence-corrected chi connectivity index (χ1v) is 31.7. The third kappa shape index (κ3) is 7.75. The van der Waals surface area contributed by atoms with Gasteiger partial charge in [0.25, 0.3) is 0 Å². The number of fused-ring (bicyclic) bond motifs is 13. The van der Waals surface area contributed by atoms with E-state index in [1.165, 1.54) is 126 Å². The molecule has 6 heteroatoms. The molecule has 3 aliphatic rings. The van der Waals surface area contributed by atoms with Crippen LogP contribution in [0.3, 0.4) is 0 Å². The number of thiophene rings is 2. The molecule has 0 fully saturated rings. The van der Waals surface area contributed by atoms with Crippen molar-refractivity contribution in [2.75, 3.05) is 9.71 Å². The zero-order valence-electron chi connectivity index (χ0n) is 49.7. The smallest absolute Gasteiger partial charge is 0.333 e. The topological polar surface area (TPSA) is 19.6 Å². The zero-order valence-corrected chi connectivity index (χ0v) is 51.3. The highest BCUT2D eigenvalue weighted by Gasteiger charge is 2.48. The van der Waals surface area contributed by atoms with Gasteiger partial charge in [-0.25, -0.2) is 0 Å². The number of furan rings is 1. The van der Waals surface area contributed by atoms with Crippen LogP contribution in [0.2, 0.25) is 0 Å². The Morgan fingerprint density at radius 1 is 0.452 bits per heavy atom. The maximum Gasteiger partial charge on any atom is 0.333 e. The van der Waals surface area contributed by atoms with Crippen LogP contribution in [0.15, 0.2) is 205 Å². The molecule has 3 nitrogen and oxygen atoms in total. The number of rotatable bonds is 5. The fourth-order valence-electron chi connectivity index (χ4n) is 14.5. The van der Waals surface area contributed by atoms with Crippen molar-refractivity contribution in [3.63, 3.8) is 0 Å². The molecule has 10 aromatic carbocycles. The molecule has 3 aromatic heterocycles. The van der Waals surface area contributed by atoms with E-state index in [-0.39, 0.29) is 28.5 Å². The molecule has 16 rings (SSSR count). The lowest BCUT2D eigenvalue weighted by molar-refractivity contribution is 0.332.